The molecule has 2 aromatic heterocycles. The van der Waals surface area contributed by atoms with Crippen molar-refractivity contribution < 1.29 is 10.0 Å². The van der Waals surface area contributed by atoms with Crippen LogP contribution in [0.1, 0.15) is 32.1 Å². The van der Waals surface area contributed by atoms with Gasteiger partial charge in [0.1, 0.15) is 0 Å². The van der Waals surface area contributed by atoms with E-state index in [1.807, 2.05) is 36.4 Å². The molecule has 0 spiro atoms. The number of benzene rings is 2. The van der Waals surface area contributed by atoms with E-state index in [0.717, 1.165) is 40.9 Å². The van der Waals surface area contributed by atoms with E-state index in [9.17, 15) is 9.59 Å². The average Bonchev–Trinajstić information content (AvgIpc) is 2.79. The first-order chi connectivity index (χ1) is 15.1. The fourth-order valence-electron chi connectivity index (χ4n) is 3.61. The first kappa shape index (κ1) is 21.2. The highest BCUT2D eigenvalue weighted by atomic mass is 79.9. The van der Waals surface area contributed by atoms with Gasteiger partial charge in [0.05, 0.1) is 10.9 Å². The van der Waals surface area contributed by atoms with E-state index in [1.54, 1.807) is 11.5 Å². The average molecular weight is 484 g/mol. The van der Waals surface area contributed by atoms with E-state index in [1.165, 1.54) is 4.52 Å². The Morgan fingerprint density at radius 3 is 2.61 bits per heavy atom. The molecule has 1 amide bonds. The van der Waals surface area contributed by atoms with Crippen molar-refractivity contribution in [3.8, 4) is 0 Å². The Labute approximate surface area is 186 Å². The monoisotopic (exact) mass is 483 g/mol. The van der Waals surface area contributed by atoms with Crippen LogP contribution in [0.15, 0.2) is 51.7 Å². The summed E-state index contributed by atoms with van der Waals surface area (Å²) in [5.74, 6) is 0.282. The lowest BCUT2D eigenvalue weighted by molar-refractivity contribution is -0.129. The molecule has 0 aliphatic rings. The summed E-state index contributed by atoms with van der Waals surface area (Å²) in [5, 5.41) is 18.7. The molecule has 31 heavy (non-hydrogen) atoms. The number of nitrogens with one attached hydrogen (secondary N) is 2. The number of rotatable bonds is 8. The van der Waals surface area contributed by atoms with Gasteiger partial charge in [0, 0.05) is 28.2 Å². The Balaban J connectivity index is 1.59. The molecule has 0 fully saturated rings. The molecule has 0 atom stereocenters. The number of hydrogen-bond donors (Lipinski definition) is 3. The topological polar surface area (TPSA) is 109 Å². The van der Waals surface area contributed by atoms with E-state index < -0.39 is 0 Å². The summed E-state index contributed by atoms with van der Waals surface area (Å²) in [6, 6.07) is 13.2. The minimum absolute atomic E-state index is 0.211. The quantitative estimate of drug-likeness (QED) is 0.115. The zero-order chi connectivity index (χ0) is 21.8. The molecule has 4 rings (SSSR count). The highest BCUT2D eigenvalue weighted by Gasteiger charge is 2.13. The highest BCUT2D eigenvalue weighted by molar-refractivity contribution is 9.10. The van der Waals surface area contributed by atoms with Crippen LogP contribution in [0.4, 0.5) is 5.82 Å². The first-order valence-corrected chi connectivity index (χ1v) is 11.0. The van der Waals surface area contributed by atoms with Crippen LogP contribution < -0.4 is 16.4 Å². The Bertz CT molecular complexity index is 1320. The molecule has 2 aromatic carbocycles. The molecule has 3 N–H and O–H groups in total. The molecule has 4 aromatic rings. The number of hydrogen-bond acceptors (Lipinski definition) is 6. The fourth-order valence-corrected chi connectivity index (χ4v) is 3.97. The SMILES string of the molecule is O=C(CCCCCCNc1nn2c(=O)c3cc(Br)ccc3nc2c2ccccc12)NO. The van der Waals surface area contributed by atoms with Gasteiger partial charge in [-0.25, -0.2) is 10.5 Å². The number of anilines is 1. The number of aromatic nitrogens is 3. The molecule has 9 heteroatoms. The summed E-state index contributed by atoms with van der Waals surface area (Å²) < 4.78 is 2.18. The third-order valence-corrected chi connectivity index (χ3v) is 5.67. The largest absolute Gasteiger partial charge is 0.368 e. The molecule has 0 saturated heterocycles. The van der Waals surface area contributed by atoms with E-state index in [0.29, 0.717) is 35.3 Å². The predicted octanol–water partition coefficient (Wildman–Crippen LogP) is 4.03. The number of carbonyl (C=O) groups excluding carboxylic acids is 1. The highest BCUT2D eigenvalue weighted by Crippen LogP contribution is 2.25. The normalized spacial score (nSPS) is 11.3. The number of hydroxylamine groups is 1. The number of nitrogens with zero attached hydrogens (tertiary/aromatic N) is 3. The van der Waals surface area contributed by atoms with Gasteiger partial charge in [0.2, 0.25) is 5.91 Å². The summed E-state index contributed by atoms with van der Waals surface area (Å²) in [5.41, 5.74) is 2.60. The molecule has 0 radical (unpaired) electrons. The van der Waals surface area contributed by atoms with Gasteiger partial charge in [-0.1, -0.05) is 53.0 Å². The lowest BCUT2D eigenvalue weighted by Gasteiger charge is -2.12. The summed E-state index contributed by atoms with van der Waals surface area (Å²) in [7, 11) is 0. The van der Waals surface area contributed by atoms with Gasteiger partial charge in [0.15, 0.2) is 11.5 Å². The van der Waals surface area contributed by atoms with Crippen molar-refractivity contribution in [2.75, 3.05) is 11.9 Å². The molecule has 0 aliphatic heterocycles. The van der Waals surface area contributed by atoms with Crippen molar-refractivity contribution in [1.82, 2.24) is 20.1 Å². The Morgan fingerprint density at radius 2 is 1.81 bits per heavy atom. The van der Waals surface area contributed by atoms with Gasteiger partial charge < -0.3 is 5.32 Å². The van der Waals surface area contributed by atoms with Crippen molar-refractivity contribution in [3.63, 3.8) is 0 Å². The lowest BCUT2D eigenvalue weighted by Crippen LogP contribution is -2.20. The van der Waals surface area contributed by atoms with E-state index in [2.05, 4.69) is 26.3 Å². The Kier molecular flexibility index (Phi) is 6.43. The number of halogens is 1. The molecule has 0 unspecified atom stereocenters. The van der Waals surface area contributed by atoms with Crippen LogP contribution >= 0.6 is 15.9 Å². The van der Waals surface area contributed by atoms with Gasteiger partial charge in [-0.3, -0.25) is 14.8 Å². The molecule has 160 valence electrons. The molecule has 0 aliphatic carbocycles. The van der Waals surface area contributed by atoms with Crippen LogP contribution in [0.3, 0.4) is 0 Å². The first-order valence-electron chi connectivity index (χ1n) is 10.2. The standard InChI is InChI=1S/C22H22BrN5O3/c23-14-10-11-18-17(13-14)22(30)28-21(25-18)16-8-5-4-7-15(16)20(26-28)24-12-6-2-1-3-9-19(29)27-31/h4-5,7-8,10-11,13,31H,1-3,6,9,12H2,(H,24,26)(H,27,29). The van der Waals surface area contributed by atoms with Crippen LogP contribution in [-0.4, -0.2) is 32.3 Å². The van der Waals surface area contributed by atoms with Crippen LogP contribution in [0.2, 0.25) is 0 Å². The van der Waals surface area contributed by atoms with Gasteiger partial charge in [0.25, 0.3) is 5.56 Å². The van der Waals surface area contributed by atoms with Crippen molar-refractivity contribution in [3.05, 3.63) is 57.3 Å². The number of amides is 1. The summed E-state index contributed by atoms with van der Waals surface area (Å²) in [4.78, 5) is 28.9. The molecule has 2 heterocycles. The zero-order valence-electron chi connectivity index (χ0n) is 16.8. The van der Waals surface area contributed by atoms with Gasteiger partial charge in [-0.15, -0.1) is 5.10 Å². The van der Waals surface area contributed by atoms with Crippen molar-refractivity contribution >= 4 is 55.0 Å². The summed E-state index contributed by atoms with van der Waals surface area (Å²) in [6.45, 7) is 0.690. The number of carbonyl (C=O) groups is 1. The minimum Gasteiger partial charge on any atom is -0.368 e. The van der Waals surface area contributed by atoms with Crippen molar-refractivity contribution in [2.45, 2.75) is 32.1 Å². The third-order valence-electron chi connectivity index (χ3n) is 5.18. The molecular formula is C22H22BrN5O3. The van der Waals surface area contributed by atoms with Crippen LogP contribution in [0.25, 0.3) is 27.3 Å². The smallest absolute Gasteiger partial charge is 0.282 e. The van der Waals surface area contributed by atoms with E-state index in [-0.39, 0.29) is 11.5 Å². The summed E-state index contributed by atoms with van der Waals surface area (Å²) >= 11 is 3.41. The van der Waals surface area contributed by atoms with Gasteiger partial charge in [-0.2, -0.15) is 4.52 Å². The zero-order valence-corrected chi connectivity index (χ0v) is 18.4. The van der Waals surface area contributed by atoms with E-state index in [4.69, 9.17) is 10.2 Å². The molecule has 8 nitrogen and oxygen atoms in total. The number of fused-ring (bicyclic) bond motifs is 4. The Hall–Kier alpha value is -3.04. The third kappa shape index (κ3) is 4.52. The van der Waals surface area contributed by atoms with Gasteiger partial charge in [-0.05, 0) is 31.0 Å². The fraction of sp³-hybridized carbons (Fsp3) is 0.273. The Morgan fingerprint density at radius 1 is 1.03 bits per heavy atom. The molecule has 0 bridgehead atoms. The second-order valence-electron chi connectivity index (χ2n) is 7.33. The molecule has 0 saturated carbocycles. The molecular weight excluding hydrogens is 462 g/mol. The van der Waals surface area contributed by atoms with Crippen LogP contribution in [-0.2, 0) is 4.79 Å². The minimum atomic E-state index is -0.358. The van der Waals surface area contributed by atoms with Crippen molar-refractivity contribution in [2.24, 2.45) is 0 Å². The van der Waals surface area contributed by atoms with E-state index >= 15 is 0 Å². The van der Waals surface area contributed by atoms with Crippen LogP contribution in [0.5, 0.6) is 0 Å². The van der Waals surface area contributed by atoms with Gasteiger partial charge >= 0.3 is 0 Å². The second kappa shape index (κ2) is 9.40. The lowest BCUT2D eigenvalue weighted by atomic mass is 10.1. The second-order valence-corrected chi connectivity index (χ2v) is 8.25. The maximum Gasteiger partial charge on any atom is 0.282 e. The number of unbranched alkanes of at least 4 members (excludes halogenated alkanes) is 3. The predicted molar refractivity (Wildman–Crippen MR) is 123 cm³/mol. The maximum atomic E-state index is 13.1. The van der Waals surface area contributed by atoms with Crippen molar-refractivity contribution in [1.29, 1.82) is 0 Å². The summed E-state index contributed by atoms with van der Waals surface area (Å²) in [6.07, 6.45) is 3.78. The maximum absolute atomic E-state index is 13.1. The van der Waals surface area contributed by atoms with Crippen LogP contribution in [0, 0.1) is 0 Å².